The summed E-state index contributed by atoms with van der Waals surface area (Å²) in [6, 6.07) is 13.8. The van der Waals surface area contributed by atoms with Crippen LogP contribution in [0.2, 0.25) is 0 Å². The van der Waals surface area contributed by atoms with Gasteiger partial charge in [0.05, 0.1) is 18.7 Å². The number of hydrogen-bond donors (Lipinski definition) is 2. The van der Waals surface area contributed by atoms with Crippen LogP contribution in [-0.2, 0) is 14.4 Å². The van der Waals surface area contributed by atoms with Crippen molar-refractivity contribution in [3.8, 4) is 23.0 Å². The number of aliphatic carboxylic acids is 1. The number of fused-ring (bicyclic) bond motifs is 1. The van der Waals surface area contributed by atoms with Crippen molar-refractivity contribution in [2.24, 2.45) is 5.41 Å². The second-order valence-electron chi connectivity index (χ2n) is 9.77. The van der Waals surface area contributed by atoms with Gasteiger partial charge in [-0.15, -0.1) is 0 Å². The molecule has 1 heterocycles. The third-order valence-electron chi connectivity index (χ3n) is 6.76. The summed E-state index contributed by atoms with van der Waals surface area (Å²) >= 11 is 0. The number of carbonyl (C=O) groups excluding carboxylic acids is 3. The number of anilines is 2. The summed E-state index contributed by atoms with van der Waals surface area (Å²) in [4.78, 5) is 40.8. The number of nitrogens with one attached hydrogen (secondary N) is 2. The molecule has 0 spiro atoms. The van der Waals surface area contributed by atoms with Gasteiger partial charge in [0.15, 0.2) is 23.1 Å². The van der Waals surface area contributed by atoms with Crippen LogP contribution >= 0.6 is 0 Å². The van der Waals surface area contributed by atoms with E-state index < -0.39 is 34.8 Å². The Morgan fingerprint density at radius 2 is 1.52 bits per heavy atom. The van der Waals surface area contributed by atoms with E-state index in [-0.39, 0.29) is 65.5 Å². The van der Waals surface area contributed by atoms with Crippen molar-refractivity contribution in [1.82, 2.24) is 4.98 Å². The van der Waals surface area contributed by atoms with Crippen LogP contribution in [0.3, 0.4) is 0 Å². The Morgan fingerprint density at radius 3 is 2.16 bits per heavy atom. The van der Waals surface area contributed by atoms with Crippen LogP contribution in [0, 0.1) is 17.0 Å². The number of halogens is 2. The van der Waals surface area contributed by atoms with Gasteiger partial charge < -0.3 is 34.7 Å². The van der Waals surface area contributed by atoms with E-state index in [2.05, 4.69) is 15.6 Å². The van der Waals surface area contributed by atoms with Gasteiger partial charge >= 0.3 is 29.6 Å². The Labute approximate surface area is 273 Å². The summed E-state index contributed by atoms with van der Waals surface area (Å²) in [7, 11) is 0. The van der Waals surface area contributed by atoms with Crippen LogP contribution < -0.4 is 59.5 Å². The Hall–Kier alpha value is -4.26. The molecule has 0 aliphatic heterocycles. The molecule has 3 aromatic carbocycles. The second-order valence-corrected chi connectivity index (χ2v) is 9.77. The van der Waals surface area contributed by atoms with Crippen LogP contribution in [-0.4, -0.2) is 36.0 Å². The monoisotopic (exact) mass is 613 g/mol. The first-order chi connectivity index (χ1) is 20.7. The zero-order valence-corrected chi connectivity index (χ0v) is 25.9. The summed E-state index contributed by atoms with van der Waals surface area (Å²) in [6.07, 6.45) is 1.79. The number of pyridine rings is 1. The van der Waals surface area contributed by atoms with E-state index in [9.17, 15) is 23.9 Å². The Kier molecular flexibility index (Phi) is 10.4. The number of nitrogens with zero attached hydrogens (tertiary/aromatic N) is 1. The minimum absolute atomic E-state index is 0. The standard InChI is InChI=1S/C31H27F2N3O7.Na/c1-2-41-26-16-21-23(17-27(26)42-14-10-28(37)38)34-13-9-24(21)43-25-8-7-20(15-22(25)33)36-30(40)31(11-12-31)29(39)35-19-5-3-18(32)4-6-19;/h3-9,13,15-17H,2,10-12,14H2,1H3,(H,35,39)(H,36,40)(H,37,38);/q;+1/p-1. The SMILES string of the molecule is CCOc1cc2c(Oc3ccc(NC(=O)C4(C(=O)Nc5ccc(F)cc5)CC4)cc3F)ccnc2cc1OCCC(=O)[O-].[Na+]. The van der Waals surface area contributed by atoms with Crippen molar-refractivity contribution in [2.45, 2.75) is 26.2 Å². The number of rotatable bonds is 12. The third kappa shape index (κ3) is 7.44. The molecule has 0 saturated heterocycles. The smallest absolute Gasteiger partial charge is 0.550 e. The van der Waals surface area contributed by atoms with Crippen LogP contribution in [0.1, 0.15) is 26.2 Å². The van der Waals surface area contributed by atoms with Gasteiger partial charge in [-0.25, -0.2) is 8.78 Å². The molecule has 0 radical (unpaired) electrons. The summed E-state index contributed by atoms with van der Waals surface area (Å²) in [6.45, 7) is 1.95. The molecule has 44 heavy (non-hydrogen) atoms. The first-order valence-electron chi connectivity index (χ1n) is 13.4. The number of benzene rings is 3. The molecule has 10 nitrogen and oxygen atoms in total. The van der Waals surface area contributed by atoms with Crippen LogP contribution in [0.5, 0.6) is 23.0 Å². The Bertz CT molecular complexity index is 1700. The zero-order chi connectivity index (χ0) is 30.6. The maximum atomic E-state index is 15.1. The largest absolute Gasteiger partial charge is 1.00 e. The van der Waals surface area contributed by atoms with Gasteiger partial charge in [0.1, 0.15) is 17.0 Å². The molecule has 1 aromatic heterocycles. The summed E-state index contributed by atoms with van der Waals surface area (Å²) in [5.74, 6) is -2.85. The van der Waals surface area contributed by atoms with Crippen molar-refractivity contribution < 1.29 is 72.0 Å². The summed E-state index contributed by atoms with van der Waals surface area (Å²) < 4.78 is 45.4. The summed E-state index contributed by atoms with van der Waals surface area (Å²) in [5.41, 5.74) is -0.384. The van der Waals surface area contributed by atoms with E-state index in [1.54, 1.807) is 25.1 Å². The van der Waals surface area contributed by atoms with Crippen LogP contribution in [0.4, 0.5) is 20.2 Å². The van der Waals surface area contributed by atoms with Gasteiger partial charge in [-0.3, -0.25) is 14.6 Å². The molecule has 1 saturated carbocycles. The molecule has 2 amide bonds. The van der Waals surface area contributed by atoms with E-state index in [0.717, 1.165) is 6.07 Å². The second kappa shape index (κ2) is 14.0. The van der Waals surface area contributed by atoms with Crippen molar-refractivity contribution >= 4 is 40.1 Å². The van der Waals surface area contributed by atoms with Gasteiger partial charge in [0.2, 0.25) is 11.8 Å². The van der Waals surface area contributed by atoms with Gasteiger partial charge in [0, 0.05) is 47.5 Å². The van der Waals surface area contributed by atoms with E-state index in [1.807, 2.05) is 0 Å². The van der Waals surface area contributed by atoms with Crippen LogP contribution in [0.25, 0.3) is 10.9 Å². The number of aromatic nitrogens is 1. The molecule has 1 fully saturated rings. The number of carbonyl (C=O) groups is 3. The van der Waals surface area contributed by atoms with E-state index >= 15 is 4.39 Å². The van der Waals surface area contributed by atoms with Crippen molar-refractivity contribution in [3.05, 3.63) is 78.5 Å². The quantitative estimate of drug-likeness (QED) is 0.182. The normalized spacial score (nSPS) is 12.9. The first-order valence-corrected chi connectivity index (χ1v) is 13.4. The van der Waals surface area contributed by atoms with E-state index in [4.69, 9.17) is 14.2 Å². The molecule has 222 valence electrons. The average molecular weight is 614 g/mol. The Balaban J connectivity index is 0.00000442. The van der Waals surface area contributed by atoms with Gasteiger partial charge in [-0.05, 0) is 68.3 Å². The molecule has 4 aromatic rings. The fourth-order valence-electron chi connectivity index (χ4n) is 4.34. The summed E-state index contributed by atoms with van der Waals surface area (Å²) in [5, 5.41) is 16.5. The third-order valence-corrected chi connectivity index (χ3v) is 6.76. The van der Waals surface area contributed by atoms with E-state index in [1.165, 1.54) is 42.6 Å². The molecule has 5 rings (SSSR count). The number of hydrogen-bond acceptors (Lipinski definition) is 8. The molecular formula is C31H26F2N3NaO7. The maximum absolute atomic E-state index is 15.1. The van der Waals surface area contributed by atoms with Crippen molar-refractivity contribution in [2.75, 3.05) is 23.8 Å². The molecule has 1 aliphatic carbocycles. The first kappa shape index (κ1) is 32.6. The van der Waals surface area contributed by atoms with Gasteiger partial charge in [0.25, 0.3) is 0 Å². The molecule has 0 atom stereocenters. The van der Waals surface area contributed by atoms with Crippen molar-refractivity contribution in [1.29, 1.82) is 0 Å². The fourth-order valence-corrected chi connectivity index (χ4v) is 4.34. The maximum Gasteiger partial charge on any atom is 1.00 e. The zero-order valence-electron chi connectivity index (χ0n) is 23.9. The molecule has 13 heteroatoms. The molecule has 1 aliphatic rings. The van der Waals surface area contributed by atoms with Gasteiger partial charge in [-0.1, -0.05) is 0 Å². The predicted octanol–water partition coefficient (Wildman–Crippen LogP) is 1.58. The number of amides is 2. The molecule has 0 bridgehead atoms. The topological polar surface area (TPSA) is 139 Å². The molecule has 2 N–H and O–H groups in total. The minimum Gasteiger partial charge on any atom is -0.550 e. The van der Waals surface area contributed by atoms with Gasteiger partial charge in [-0.2, -0.15) is 0 Å². The number of ether oxygens (including phenoxy) is 3. The number of carboxylic acids is 1. The Morgan fingerprint density at radius 1 is 0.864 bits per heavy atom. The number of carboxylic acid groups (broad SMARTS) is 1. The minimum atomic E-state index is -1.30. The van der Waals surface area contributed by atoms with E-state index in [0.29, 0.717) is 41.8 Å². The molecule has 0 unspecified atom stereocenters. The predicted molar refractivity (Wildman–Crippen MR) is 150 cm³/mol. The average Bonchev–Trinajstić information content (AvgIpc) is 3.79. The molecular weight excluding hydrogens is 587 g/mol. The van der Waals surface area contributed by atoms with Crippen LogP contribution in [0.15, 0.2) is 66.9 Å². The van der Waals surface area contributed by atoms with Crippen molar-refractivity contribution in [3.63, 3.8) is 0 Å². The fraction of sp³-hybridized carbons (Fsp3) is 0.226.